The maximum Gasteiger partial charge on any atom is 4.00 e. The van der Waals surface area contributed by atoms with Gasteiger partial charge in [0.2, 0.25) is 0 Å². The van der Waals surface area contributed by atoms with E-state index in [-0.39, 0.29) is 75.8 Å². The first-order chi connectivity index (χ1) is 9.11. The quantitative estimate of drug-likeness (QED) is 0.314. The van der Waals surface area contributed by atoms with Gasteiger partial charge in [-0.1, -0.05) is 69.2 Å². The zero-order valence-electron chi connectivity index (χ0n) is 17.0. The zero-order valence-corrected chi connectivity index (χ0v) is 22.5. The SMILES string of the molecule is Cc1c(C)c(C)[c-](C)c1C.Cc1c(C)c(C)[c-](C)c1C.[Cl-].[Cl-].[Cl-].[Cl-].[Zr+4]. The van der Waals surface area contributed by atoms with Gasteiger partial charge < -0.3 is 49.6 Å². The van der Waals surface area contributed by atoms with E-state index in [2.05, 4.69) is 69.2 Å². The van der Waals surface area contributed by atoms with Crippen LogP contribution >= 0.6 is 0 Å². The molecule has 0 fully saturated rings. The van der Waals surface area contributed by atoms with Crippen LogP contribution in [0, 0.1) is 69.2 Å². The molecule has 0 aliphatic carbocycles. The molecule has 0 atom stereocenters. The maximum atomic E-state index is 2.20. The van der Waals surface area contributed by atoms with Gasteiger partial charge in [0.1, 0.15) is 0 Å². The molecule has 0 amide bonds. The molecule has 0 radical (unpaired) electrons. The number of rotatable bonds is 0. The topological polar surface area (TPSA) is 0 Å². The summed E-state index contributed by atoms with van der Waals surface area (Å²) in [4.78, 5) is 0. The molecular weight excluding hydrogens is 473 g/mol. The van der Waals surface area contributed by atoms with E-state index in [0.29, 0.717) is 0 Å². The molecule has 0 N–H and O–H groups in total. The Kier molecular flexibility index (Phi) is 21.6. The van der Waals surface area contributed by atoms with Crippen LogP contribution in [0.4, 0.5) is 0 Å². The molecule has 2 aromatic rings. The summed E-state index contributed by atoms with van der Waals surface area (Å²) in [5.41, 5.74) is 14.7. The summed E-state index contributed by atoms with van der Waals surface area (Å²) in [5.74, 6) is 0. The molecule has 5 heteroatoms. The fourth-order valence-electron chi connectivity index (χ4n) is 2.81. The third kappa shape index (κ3) is 7.71. The van der Waals surface area contributed by atoms with Crippen LogP contribution in [0.5, 0.6) is 0 Å². The summed E-state index contributed by atoms with van der Waals surface area (Å²) in [7, 11) is 0. The van der Waals surface area contributed by atoms with Gasteiger partial charge in [-0.2, -0.15) is 55.6 Å². The summed E-state index contributed by atoms with van der Waals surface area (Å²) in [6.45, 7) is 22.0. The minimum absolute atomic E-state index is 0. The predicted octanol–water partition coefficient (Wildman–Crippen LogP) is -6.09. The van der Waals surface area contributed by atoms with Crippen molar-refractivity contribution in [1.29, 1.82) is 0 Å². The third-order valence-electron chi connectivity index (χ3n) is 5.62. The molecule has 144 valence electrons. The van der Waals surface area contributed by atoms with Crippen molar-refractivity contribution in [2.75, 3.05) is 0 Å². The number of halogens is 4. The minimum Gasteiger partial charge on any atom is -1.00 e. The molecule has 0 aromatic heterocycles. The molecule has 0 unspecified atom stereocenters. The van der Waals surface area contributed by atoms with Gasteiger partial charge in [0.05, 0.1) is 0 Å². The van der Waals surface area contributed by atoms with Crippen LogP contribution in [0.2, 0.25) is 0 Å². The summed E-state index contributed by atoms with van der Waals surface area (Å²) in [5, 5.41) is 0. The van der Waals surface area contributed by atoms with Crippen LogP contribution in [0.1, 0.15) is 55.6 Å². The van der Waals surface area contributed by atoms with E-state index in [9.17, 15) is 0 Å². The monoisotopic (exact) mass is 500 g/mol. The Morgan fingerprint density at radius 2 is 0.520 bits per heavy atom. The Labute approximate surface area is 199 Å². The van der Waals surface area contributed by atoms with Gasteiger partial charge in [0.15, 0.2) is 0 Å². The standard InChI is InChI=1S/2C10H15.4ClH.Zr/c2*1-6-7(2)9(4)10(5)8(6)3;;;;;/h2*1-5H3;4*1H;/q2*-1;;;;;+4/p-4. The van der Waals surface area contributed by atoms with Crippen LogP contribution < -0.4 is 49.6 Å². The normalized spacial score (nSPS) is 8.40. The van der Waals surface area contributed by atoms with E-state index >= 15 is 0 Å². The molecule has 0 bridgehead atoms. The second-order valence-corrected chi connectivity index (χ2v) is 6.25. The van der Waals surface area contributed by atoms with Crippen LogP contribution in [-0.2, 0) is 26.2 Å². The van der Waals surface area contributed by atoms with Crippen LogP contribution in [0.15, 0.2) is 0 Å². The van der Waals surface area contributed by atoms with Crippen molar-refractivity contribution in [1.82, 2.24) is 0 Å². The first-order valence-electron chi connectivity index (χ1n) is 7.50. The van der Waals surface area contributed by atoms with Crippen molar-refractivity contribution < 1.29 is 75.8 Å². The molecular formula is C20H30Cl4Zr-2. The Morgan fingerprint density at radius 1 is 0.400 bits per heavy atom. The molecule has 0 spiro atoms. The molecule has 0 saturated carbocycles. The van der Waals surface area contributed by atoms with E-state index in [0.717, 1.165) is 0 Å². The van der Waals surface area contributed by atoms with Crippen LogP contribution in [-0.4, -0.2) is 0 Å². The predicted molar refractivity (Wildman–Crippen MR) is 91.4 cm³/mol. The van der Waals surface area contributed by atoms with Crippen molar-refractivity contribution in [3.05, 3.63) is 55.6 Å². The molecule has 0 aliphatic rings. The Balaban J connectivity index is -0.0000000889. The minimum atomic E-state index is 0. The first kappa shape index (κ1) is 36.6. The van der Waals surface area contributed by atoms with Crippen molar-refractivity contribution in [2.45, 2.75) is 69.2 Å². The summed E-state index contributed by atoms with van der Waals surface area (Å²) in [6, 6.07) is 0. The summed E-state index contributed by atoms with van der Waals surface area (Å²) < 4.78 is 0. The van der Waals surface area contributed by atoms with E-state index < -0.39 is 0 Å². The van der Waals surface area contributed by atoms with E-state index in [1.165, 1.54) is 55.6 Å². The summed E-state index contributed by atoms with van der Waals surface area (Å²) in [6.07, 6.45) is 0. The largest absolute Gasteiger partial charge is 4.00 e. The van der Waals surface area contributed by atoms with Gasteiger partial charge >= 0.3 is 26.2 Å². The number of hydrogen-bond acceptors (Lipinski definition) is 0. The Morgan fingerprint density at radius 3 is 0.560 bits per heavy atom. The average Bonchev–Trinajstić information content (AvgIpc) is 2.71. The van der Waals surface area contributed by atoms with Crippen molar-refractivity contribution in [3.63, 3.8) is 0 Å². The molecule has 0 saturated heterocycles. The van der Waals surface area contributed by atoms with Gasteiger partial charge in [0, 0.05) is 0 Å². The Hall–Kier alpha value is 0.743. The van der Waals surface area contributed by atoms with E-state index in [1.807, 2.05) is 0 Å². The first-order valence-corrected chi connectivity index (χ1v) is 7.50. The molecule has 2 rings (SSSR count). The maximum absolute atomic E-state index is 2.20. The van der Waals surface area contributed by atoms with Crippen molar-refractivity contribution >= 4 is 0 Å². The third-order valence-corrected chi connectivity index (χ3v) is 5.62. The van der Waals surface area contributed by atoms with E-state index in [4.69, 9.17) is 0 Å². The fraction of sp³-hybridized carbons (Fsp3) is 0.500. The molecule has 0 aliphatic heterocycles. The second kappa shape index (κ2) is 14.8. The zero-order chi connectivity index (χ0) is 15.8. The molecule has 25 heavy (non-hydrogen) atoms. The van der Waals surface area contributed by atoms with Gasteiger partial charge in [0.25, 0.3) is 0 Å². The second-order valence-electron chi connectivity index (χ2n) is 6.25. The number of hydrogen-bond donors (Lipinski definition) is 0. The summed E-state index contributed by atoms with van der Waals surface area (Å²) >= 11 is 0. The smallest absolute Gasteiger partial charge is 1.00 e. The van der Waals surface area contributed by atoms with Gasteiger partial charge in [-0.05, 0) is 0 Å². The Bertz CT molecular complexity index is 420. The fourth-order valence-corrected chi connectivity index (χ4v) is 2.81. The molecule has 0 nitrogen and oxygen atoms in total. The molecule has 2 aromatic carbocycles. The van der Waals surface area contributed by atoms with E-state index in [1.54, 1.807) is 0 Å². The van der Waals surface area contributed by atoms with Gasteiger partial charge in [-0.3, -0.25) is 0 Å². The van der Waals surface area contributed by atoms with Crippen molar-refractivity contribution in [2.24, 2.45) is 0 Å². The average molecular weight is 503 g/mol. The van der Waals surface area contributed by atoms with Crippen molar-refractivity contribution in [3.8, 4) is 0 Å². The van der Waals surface area contributed by atoms with Crippen LogP contribution in [0.25, 0.3) is 0 Å². The van der Waals surface area contributed by atoms with Crippen LogP contribution in [0.3, 0.4) is 0 Å². The molecule has 0 heterocycles. The van der Waals surface area contributed by atoms with Gasteiger partial charge in [-0.25, -0.2) is 0 Å². The van der Waals surface area contributed by atoms with Gasteiger partial charge in [-0.15, -0.1) is 0 Å².